The molecule has 3 aromatic carbocycles. The van der Waals surface area contributed by atoms with E-state index in [4.69, 9.17) is 14.2 Å². The number of ether oxygens (including phenoxy) is 3. The molecule has 1 heterocycles. The van der Waals surface area contributed by atoms with E-state index in [-0.39, 0.29) is 11.8 Å². The average Bonchev–Trinajstić information content (AvgIpc) is 2.90. The van der Waals surface area contributed by atoms with E-state index in [1.165, 1.54) is 45.6 Å². The molecule has 0 radical (unpaired) electrons. The summed E-state index contributed by atoms with van der Waals surface area (Å²) in [7, 11) is 4.55. The molecular weight excluding hydrogens is 463 g/mol. The first-order valence-corrected chi connectivity index (χ1v) is 11.7. The smallest absolute Gasteiger partial charge is 0.254 e. The van der Waals surface area contributed by atoms with Crippen LogP contribution in [0.1, 0.15) is 46.8 Å². The Hall–Kier alpha value is -4.07. The number of amides is 2. The van der Waals surface area contributed by atoms with Crippen LogP contribution in [-0.4, -0.2) is 44.6 Å². The van der Waals surface area contributed by atoms with Crippen molar-refractivity contribution in [3.8, 4) is 17.2 Å². The SMILES string of the molecule is CCCN1C(=O)c2ccccc2[C@H](C(=O)Nc2ccc(F)cc2)[C@@H]1c1cc(OC)c(OC)c(OC)c1. The Labute approximate surface area is 209 Å². The van der Waals surface area contributed by atoms with E-state index in [0.717, 1.165) is 0 Å². The van der Waals surface area contributed by atoms with Crippen LogP contribution in [0.25, 0.3) is 0 Å². The summed E-state index contributed by atoms with van der Waals surface area (Å²) in [6, 6.07) is 15.6. The standard InChI is InChI=1S/C28H29FN2O5/c1-5-14-31-25(17-15-22(34-2)26(36-4)23(16-17)35-3)24(20-8-6-7-9-21(20)28(31)33)27(32)30-19-12-10-18(29)11-13-19/h6-13,15-16,24-25H,5,14H2,1-4H3,(H,30,32)/t24-,25-/m0/s1. The molecule has 8 heteroatoms. The van der Waals surface area contributed by atoms with Gasteiger partial charge in [-0.2, -0.15) is 0 Å². The third-order valence-electron chi connectivity index (χ3n) is 6.33. The van der Waals surface area contributed by atoms with Gasteiger partial charge in [-0.3, -0.25) is 9.59 Å². The number of carbonyl (C=O) groups is 2. The highest BCUT2D eigenvalue weighted by Gasteiger charge is 2.44. The molecule has 0 fully saturated rings. The lowest BCUT2D eigenvalue weighted by molar-refractivity contribution is -0.119. The highest BCUT2D eigenvalue weighted by atomic mass is 19.1. The molecule has 188 valence electrons. The lowest BCUT2D eigenvalue weighted by Crippen LogP contribution is -2.46. The molecule has 2 atom stereocenters. The number of hydrogen-bond acceptors (Lipinski definition) is 5. The van der Waals surface area contributed by atoms with E-state index in [0.29, 0.717) is 52.6 Å². The van der Waals surface area contributed by atoms with Crippen LogP contribution < -0.4 is 19.5 Å². The first-order valence-electron chi connectivity index (χ1n) is 11.7. The Morgan fingerprint density at radius 3 is 2.19 bits per heavy atom. The number of fused-ring (bicyclic) bond motifs is 1. The van der Waals surface area contributed by atoms with Gasteiger partial charge in [0.15, 0.2) is 11.5 Å². The minimum Gasteiger partial charge on any atom is -0.493 e. The van der Waals surface area contributed by atoms with Crippen molar-refractivity contribution in [3.05, 3.63) is 83.2 Å². The van der Waals surface area contributed by atoms with Crippen molar-refractivity contribution >= 4 is 17.5 Å². The molecule has 0 bridgehead atoms. The molecule has 7 nitrogen and oxygen atoms in total. The van der Waals surface area contributed by atoms with Gasteiger partial charge in [0.2, 0.25) is 11.7 Å². The number of methoxy groups -OCH3 is 3. The van der Waals surface area contributed by atoms with Crippen molar-refractivity contribution in [1.29, 1.82) is 0 Å². The highest BCUT2D eigenvalue weighted by Crippen LogP contribution is 2.47. The maximum atomic E-state index is 13.9. The quantitative estimate of drug-likeness (QED) is 0.469. The third kappa shape index (κ3) is 4.58. The van der Waals surface area contributed by atoms with Gasteiger partial charge in [0, 0.05) is 17.8 Å². The average molecular weight is 493 g/mol. The summed E-state index contributed by atoms with van der Waals surface area (Å²) in [5, 5.41) is 2.91. The summed E-state index contributed by atoms with van der Waals surface area (Å²) in [6.45, 7) is 2.42. The van der Waals surface area contributed by atoms with Crippen LogP contribution >= 0.6 is 0 Å². The predicted octanol–water partition coefficient (Wildman–Crippen LogP) is 5.18. The zero-order chi connectivity index (χ0) is 25.8. The molecule has 4 rings (SSSR count). The number of carbonyl (C=O) groups excluding carboxylic acids is 2. The van der Waals surface area contributed by atoms with Gasteiger partial charge in [-0.15, -0.1) is 0 Å². The number of nitrogens with zero attached hydrogens (tertiary/aromatic N) is 1. The predicted molar refractivity (Wildman–Crippen MR) is 134 cm³/mol. The van der Waals surface area contributed by atoms with Crippen molar-refractivity contribution in [1.82, 2.24) is 4.90 Å². The van der Waals surface area contributed by atoms with Crippen LogP contribution in [-0.2, 0) is 4.79 Å². The fourth-order valence-corrected chi connectivity index (χ4v) is 4.76. The number of halogens is 1. The summed E-state index contributed by atoms with van der Waals surface area (Å²) in [5.41, 5.74) is 2.23. The maximum Gasteiger partial charge on any atom is 0.254 e. The summed E-state index contributed by atoms with van der Waals surface area (Å²) < 4.78 is 30.0. The Morgan fingerprint density at radius 2 is 1.61 bits per heavy atom. The van der Waals surface area contributed by atoms with Gasteiger partial charge in [0.25, 0.3) is 5.91 Å². The van der Waals surface area contributed by atoms with E-state index < -0.39 is 17.8 Å². The lowest BCUT2D eigenvalue weighted by atomic mass is 9.78. The largest absolute Gasteiger partial charge is 0.493 e. The monoisotopic (exact) mass is 492 g/mol. The molecule has 1 aliphatic heterocycles. The molecule has 0 aromatic heterocycles. The minimum absolute atomic E-state index is 0.156. The van der Waals surface area contributed by atoms with Crippen LogP contribution in [0, 0.1) is 5.82 Å². The van der Waals surface area contributed by atoms with Gasteiger partial charge < -0.3 is 24.4 Å². The maximum absolute atomic E-state index is 13.9. The van der Waals surface area contributed by atoms with Crippen molar-refractivity contribution in [2.24, 2.45) is 0 Å². The van der Waals surface area contributed by atoms with Crippen molar-refractivity contribution in [2.45, 2.75) is 25.3 Å². The first-order chi connectivity index (χ1) is 17.4. The summed E-state index contributed by atoms with van der Waals surface area (Å²) in [6.07, 6.45) is 0.696. The molecule has 3 aromatic rings. The van der Waals surface area contributed by atoms with Gasteiger partial charge in [-0.05, 0) is 60.0 Å². The zero-order valence-electron chi connectivity index (χ0n) is 20.7. The zero-order valence-corrected chi connectivity index (χ0v) is 20.7. The first kappa shape index (κ1) is 25.0. The number of hydrogen-bond donors (Lipinski definition) is 1. The number of nitrogens with one attached hydrogen (secondary N) is 1. The summed E-state index contributed by atoms with van der Waals surface area (Å²) >= 11 is 0. The van der Waals surface area contributed by atoms with Gasteiger partial charge >= 0.3 is 0 Å². The minimum atomic E-state index is -0.752. The van der Waals surface area contributed by atoms with E-state index in [1.54, 1.807) is 35.2 Å². The van der Waals surface area contributed by atoms with Crippen molar-refractivity contribution in [2.75, 3.05) is 33.2 Å². The molecule has 36 heavy (non-hydrogen) atoms. The Morgan fingerprint density at radius 1 is 0.972 bits per heavy atom. The van der Waals surface area contributed by atoms with Gasteiger partial charge in [-0.1, -0.05) is 25.1 Å². The topological polar surface area (TPSA) is 77.1 Å². The molecule has 0 saturated heterocycles. The van der Waals surface area contributed by atoms with Gasteiger partial charge in [0.05, 0.1) is 33.3 Å². The summed E-state index contributed by atoms with van der Waals surface area (Å²) in [5.74, 6) is -0.358. The van der Waals surface area contributed by atoms with Crippen LogP contribution in [0.4, 0.5) is 10.1 Å². The van der Waals surface area contributed by atoms with E-state index in [9.17, 15) is 14.0 Å². The number of anilines is 1. The molecule has 0 unspecified atom stereocenters. The second-order valence-corrected chi connectivity index (χ2v) is 8.46. The van der Waals surface area contributed by atoms with Gasteiger partial charge in [0.1, 0.15) is 5.82 Å². The molecule has 1 aliphatic rings. The molecule has 2 amide bonds. The highest BCUT2D eigenvalue weighted by molar-refractivity contribution is 6.04. The molecule has 0 spiro atoms. The van der Waals surface area contributed by atoms with Gasteiger partial charge in [-0.25, -0.2) is 4.39 Å². The third-order valence-corrected chi connectivity index (χ3v) is 6.33. The Kier molecular flexibility index (Phi) is 7.43. The molecule has 1 N–H and O–H groups in total. The van der Waals surface area contributed by atoms with E-state index in [2.05, 4.69) is 5.32 Å². The normalized spacial score (nSPS) is 16.8. The van der Waals surface area contributed by atoms with Crippen LogP contribution in [0.15, 0.2) is 60.7 Å². The molecular formula is C28H29FN2O5. The van der Waals surface area contributed by atoms with Crippen LogP contribution in [0.3, 0.4) is 0 Å². The number of rotatable bonds is 8. The lowest BCUT2D eigenvalue weighted by Gasteiger charge is -2.42. The van der Waals surface area contributed by atoms with Crippen molar-refractivity contribution < 1.29 is 28.2 Å². The Balaban J connectivity index is 1.90. The fraction of sp³-hybridized carbons (Fsp3) is 0.286. The van der Waals surface area contributed by atoms with Crippen LogP contribution in [0.5, 0.6) is 17.2 Å². The van der Waals surface area contributed by atoms with E-state index >= 15 is 0 Å². The second kappa shape index (κ2) is 10.7. The fourth-order valence-electron chi connectivity index (χ4n) is 4.76. The van der Waals surface area contributed by atoms with Crippen LogP contribution in [0.2, 0.25) is 0 Å². The Bertz CT molecular complexity index is 1240. The second-order valence-electron chi connectivity index (χ2n) is 8.46. The molecule has 0 saturated carbocycles. The molecule has 0 aliphatic carbocycles. The number of benzene rings is 3. The van der Waals surface area contributed by atoms with E-state index in [1.807, 2.05) is 13.0 Å². The summed E-state index contributed by atoms with van der Waals surface area (Å²) in [4.78, 5) is 29.2. The van der Waals surface area contributed by atoms with Crippen molar-refractivity contribution in [3.63, 3.8) is 0 Å².